The van der Waals surface area contributed by atoms with E-state index >= 15 is 0 Å². The predicted octanol–water partition coefficient (Wildman–Crippen LogP) is 4.92. The van der Waals surface area contributed by atoms with Crippen LogP contribution in [0.1, 0.15) is 80.6 Å². The van der Waals surface area contributed by atoms with Crippen molar-refractivity contribution in [3.63, 3.8) is 0 Å². The Bertz CT molecular complexity index is 875. The second-order valence-corrected chi connectivity index (χ2v) is 11.0. The van der Waals surface area contributed by atoms with Gasteiger partial charge in [-0.2, -0.15) is 0 Å². The Morgan fingerprint density at radius 3 is 2.43 bits per heavy atom. The van der Waals surface area contributed by atoms with Crippen LogP contribution in [-0.2, 0) is 33.3 Å². The van der Waals surface area contributed by atoms with Crippen LogP contribution in [0.4, 0.5) is 0 Å². The number of hydrogen-bond donors (Lipinski definition) is 0. The number of carbonyl (C=O) groups excluding carboxylic acids is 3. The van der Waals surface area contributed by atoms with Crippen LogP contribution in [0.5, 0.6) is 0 Å². The summed E-state index contributed by atoms with van der Waals surface area (Å²) in [4.78, 5) is 37.0. The van der Waals surface area contributed by atoms with Gasteiger partial charge in [-0.25, -0.2) is 0 Å². The molecule has 2 fully saturated rings. The highest BCUT2D eigenvalue weighted by Gasteiger charge is 2.63. The van der Waals surface area contributed by atoms with Crippen LogP contribution in [-0.4, -0.2) is 47.9 Å². The van der Waals surface area contributed by atoms with Crippen LogP contribution in [0.15, 0.2) is 23.8 Å². The second kappa shape index (κ2) is 10.9. The van der Waals surface area contributed by atoms with E-state index in [-0.39, 0.29) is 35.7 Å². The van der Waals surface area contributed by atoms with Crippen molar-refractivity contribution in [3.05, 3.63) is 23.8 Å². The fourth-order valence-electron chi connectivity index (χ4n) is 6.52. The summed E-state index contributed by atoms with van der Waals surface area (Å²) in [6, 6.07) is 0. The second-order valence-electron chi connectivity index (χ2n) is 11.0. The third kappa shape index (κ3) is 5.65. The van der Waals surface area contributed by atoms with Crippen LogP contribution >= 0.6 is 0 Å². The molecular weight excluding hydrogens is 448 g/mol. The van der Waals surface area contributed by atoms with Crippen molar-refractivity contribution in [1.29, 1.82) is 0 Å². The highest BCUT2D eigenvalue weighted by Crippen LogP contribution is 2.56. The molecule has 1 aliphatic carbocycles. The van der Waals surface area contributed by atoms with Gasteiger partial charge in [0.1, 0.15) is 17.8 Å². The maximum absolute atomic E-state index is 12.7. The van der Waals surface area contributed by atoms with Crippen molar-refractivity contribution in [1.82, 2.24) is 0 Å². The Hall–Kier alpha value is -2.15. The zero-order valence-corrected chi connectivity index (χ0v) is 22.3. The summed E-state index contributed by atoms with van der Waals surface area (Å²) < 4.78 is 24.6. The monoisotopic (exact) mass is 490 g/mol. The molecule has 8 atom stereocenters. The van der Waals surface area contributed by atoms with Gasteiger partial charge in [0.25, 0.3) is 0 Å². The van der Waals surface area contributed by atoms with E-state index in [1.165, 1.54) is 19.4 Å². The zero-order chi connectivity index (χ0) is 26.1. The SMILES string of the molecule is C=C1C(OC(C)=O)C(OC(C)=O)C(C(C)C)C2C1C1CC(C)=CCCC(C)(OC(=O)CCC)C2O1. The quantitative estimate of drug-likeness (QED) is 0.296. The van der Waals surface area contributed by atoms with Crippen LogP contribution in [0.2, 0.25) is 0 Å². The van der Waals surface area contributed by atoms with Crippen molar-refractivity contribution in [2.24, 2.45) is 23.7 Å². The lowest BCUT2D eigenvalue weighted by molar-refractivity contribution is -0.190. The Balaban J connectivity index is 2.15. The molecule has 3 rings (SSSR count). The largest absolute Gasteiger partial charge is 0.458 e. The molecule has 196 valence electrons. The van der Waals surface area contributed by atoms with Crippen LogP contribution in [0, 0.1) is 23.7 Å². The van der Waals surface area contributed by atoms with E-state index in [1.54, 1.807) is 0 Å². The summed E-state index contributed by atoms with van der Waals surface area (Å²) >= 11 is 0. The van der Waals surface area contributed by atoms with Crippen molar-refractivity contribution < 1.29 is 33.3 Å². The summed E-state index contributed by atoms with van der Waals surface area (Å²) in [7, 11) is 0. The van der Waals surface area contributed by atoms with E-state index in [1.807, 2.05) is 13.8 Å². The molecule has 2 aliphatic heterocycles. The molecule has 0 amide bonds. The number of ether oxygens (including phenoxy) is 4. The van der Waals surface area contributed by atoms with Crippen molar-refractivity contribution >= 4 is 17.9 Å². The topological polar surface area (TPSA) is 88.1 Å². The third-order valence-corrected chi connectivity index (χ3v) is 7.83. The van der Waals surface area contributed by atoms with E-state index in [9.17, 15) is 14.4 Å². The summed E-state index contributed by atoms with van der Waals surface area (Å²) in [6.07, 6.45) is 3.32. The van der Waals surface area contributed by atoms with E-state index in [4.69, 9.17) is 18.9 Å². The lowest BCUT2D eigenvalue weighted by Gasteiger charge is -2.50. The van der Waals surface area contributed by atoms with Gasteiger partial charge >= 0.3 is 17.9 Å². The molecule has 2 bridgehead atoms. The fraction of sp³-hybridized carbons (Fsp3) is 0.750. The maximum Gasteiger partial charge on any atom is 0.306 e. The number of allylic oxidation sites excluding steroid dienone is 1. The van der Waals surface area contributed by atoms with Gasteiger partial charge in [-0.3, -0.25) is 14.4 Å². The van der Waals surface area contributed by atoms with E-state index in [0.29, 0.717) is 31.3 Å². The van der Waals surface area contributed by atoms with Gasteiger partial charge in [0, 0.05) is 38.0 Å². The number of rotatable bonds is 6. The summed E-state index contributed by atoms with van der Waals surface area (Å²) in [6.45, 7) is 17.3. The molecule has 7 heteroatoms. The van der Waals surface area contributed by atoms with Crippen molar-refractivity contribution in [3.8, 4) is 0 Å². The third-order valence-electron chi connectivity index (χ3n) is 7.83. The molecule has 2 heterocycles. The van der Waals surface area contributed by atoms with Gasteiger partial charge in [0.05, 0.1) is 6.10 Å². The molecule has 7 nitrogen and oxygen atoms in total. The highest BCUT2D eigenvalue weighted by molar-refractivity contribution is 5.70. The molecule has 0 spiro atoms. The molecular formula is C28H42O7. The number of carbonyl (C=O) groups is 3. The molecule has 1 saturated carbocycles. The maximum atomic E-state index is 12.7. The average molecular weight is 491 g/mol. The zero-order valence-electron chi connectivity index (χ0n) is 22.3. The summed E-state index contributed by atoms with van der Waals surface area (Å²) in [5.41, 5.74) is 1.06. The highest BCUT2D eigenvalue weighted by atomic mass is 16.6. The number of fused-ring (bicyclic) bond motifs is 5. The molecule has 0 aromatic carbocycles. The number of esters is 3. The van der Waals surface area contributed by atoms with E-state index in [0.717, 1.165) is 6.42 Å². The smallest absolute Gasteiger partial charge is 0.306 e. The molecule has 35 heavy (non-hydrogen) atoms. The Kier molecular flexibility index (Phi) is 8.51. The first-order valence-electron chi connectivity index (χ1n) is 13.0. The molecule has 0 N–H and O–H groups in total. The molecule has 1 saturated heterocycles. The van der Waals surface area contributed by atoms with E-state index in [2.05, 4.69) is 33.4 Å². The standard InChI is InChI=1S/C28H42O7/c1-9-11-21(31)35-28(8)13-10-12-16(4)14-20-23-17(5)25(32-18(6)29)26(33-19(7)30)22(15(2)3)24(23)27(28)34-20/h12,15,20,22-27H,5,9-11,13-14H2,1-4,6-8H3. The van der Waals surface area contributed by atoms with Gasteiger partial charge in [-0.05, 0) is 51.0 Å². The summed E-state index contributed by atoms with van der Waals surface area (Å²) in [5, 5.41) is 0. The van der Waals surface area contributed by atoms with Crippen LogP contribution in [0.25, 0.3) is 0 Å². The van der Waals surface area contributed by atoms with Crippen LogP contribution in [0.3, 0.4) is 0 Å². The lowest BCUT2D eigenvalue weighted by atomic mass is 9.59. The normalized spacial score (nSPS) is 36.9. The Labute approximate surface area is 209 Å². The van der Waals surface area contributed by atoms with Gasteiger partial charge in [-0.15, -0.1) is 0 Å². The molecule has 0 radical (unpaired) electrons. The number of hydrogen-bond acceptors (Lipinski definition) is 7. The van der Waals surface area contributed by atoms with Crippen molar-refractivity contribution in [2.75, 3.05) is 0 Å². The summed E-state index contributed by atoms with van der Waals surface area (Å²) in [5.74, 6) is -1.46. The van der Waals surface area contributed by atoms with Gasteiger partial charge < -0.3 is 18.9 Å². The molecule has 3 aliphatic rings. The molecule has 0 aromatic heterocycles. The van der Waals surface area contributed by atoms with Crippen LogP contribution < -0.4 is 0 Å². The first kappa shape index (κ1) is 27.4. The lowest BCUT2D eigenvalue weighted by Crippen LogP contribution is -2.58. The molecule has 8 unspecified atom stereocenters. The first-order valence-corrected chi connectivity index (χ1v) is 13.0. The minimum absolute atomic E-state index is 0.0815. The fourth-order valence-corrected chi connectivity index (χ4v) is 6.52. The Morgan fingerprint density at radius 1 is 1.20 bits per heavy atom. The van der Waals surface area contributed by atoms with Crippen molar-refractivity contribution in [2.45, 2.75) is 111 Å². The minimum atomic E-state index is -0.854. The first-order chi connectivity index (χ1) is 16.4. The minimum Gasteiger partial charge on any atom is -0.458 e. The van der Waals surface area contributed by atoms with E-state index < -0.39 is 35.9 Å². The molecule has 0 aromatic rings. The Morgan fingerprint density at radius 2 is 1.86 bits per heavy atom. The predicted molar refractivity (Wildman–Crippen MR) is 131 cm³/mol. The van der Waals surface area contributed by atoms with Gasteiger partial charge in [0.2, 0.25) is 0 Å². The van der Waals surface area contributed by atoms with Gasteiger partial charge in [-0.1, -0.05) is 39.0 Å². The average Bonchev–Trinajstić information content (AvgIpc) is 3.11. The van der Waals surface area contributed by atoms with Gasteiger partial charge in [0.15, 0.2) is 6.10 Å².